The predicted molar refractivity (Wildman–Crippen MR) is 78.4 cm³/mol. The summed E-state index contributed by atoms with van der Waals surface area (Å²) in [6.45, 7) is 5.23. The lowest BCUT2D eigenvalue weighted by Crippen LogP contribution is -2.23. The van der Waals surface area contributed by atoms with E-state index in [1.165, 1.54) is 11.1 Å². The van der Waals surface area contributed by atoms with E-state index in [1.807, 2.05) is 7.05 Å². The Morgan fingerprint density at radius 3 is 2.84 bits per heavy atom. The van der Waals surface area contributed by atoms with Crippen molar-refractivity contribution in [3.8, 4) is 0 Å². The van der Waals surface area contributed by atoms with Crippen LogP contribution in [0.4, 0.5) is 0 Å². The molecule has 1 amide bonds. The quantitative estimate of drug-likeness (QED) is 0.874. The van der Waals surface area contributed by atoms with E-state index in [0.29, 0.717) is 12.0 Å². The van der Waals surface area contributed by atoms with Gasteiger partial charge in [0.05, 0.1) is 0 Å². The summed E-state index contributed by atoms with van der Waals surface area (Å²) >= 11 is 0. The van der Waals surface area contributed by atoms with Crippen molar-refractivity contribution in [3.63, 3.8) is 0 Å². The number of amides is 1. The highest BCUT2D eigenvalue weighted by Gasteiger charge is 2.18. The van der Waals surface area contributed by atoms with Crippen LogP contribution >= 0.6 is 0 Å². The molecule has 1 heterocycles. The van der Waals surface area contributed by atoms with Crippen molar-refractivity contribution in [2.45, 2.75) is 39.2 Å². The van der Waals surface area contributed by atoms with Gasteiger partial charge in [-0.2, -0.15) is 0 Å². The van der Waals surface area contributed by atoms with Crippen LogP contribution in [-0.2, 0) is 6.42 Å². The average molecular weight is 260 g/mol. The first-order valence-electron chi connectivity index (χ1n) is 7.20. The molecule has 3 nitrogen and oxygen atoms in total. The third-order valence-electron chi connectivity index (χ3n) is 3.74. The molecule has 0 bridgehead atoms. The zero-order chi connectivity index (χ0) is 13.8. The molecule has 104 valence electrons. The molecule has 1 aromatic carbocycles. The number of benzene rings is 1. The summed E-state index contributed by atoms with van der Waals surface area (Å²) in [6, 6.07) is 6.68. The van der Waals surface area contributed by atoms with E-state index in [2.05, 4.69) is 42.7 Å². The molecule has 0 aromatic heterocycles. The Labute approximate surface area is 115 Å². The highest BCUT2D eigenvalue weighted by Crippen LogP contribution is 2.24. The van der Waals surface area contributed by atoms with Gasteiger partial charge in [0, 0.05) is 18.2 Å². The average Bonchev–Trinajstić information content (AvgIpc) is 2.58. The van der Waals surface area contributed by atoms with Gasteiger partial charge in [0.1, 0.15) is 0 Å². The van der Waals surface area contributed by atoms with E-state index < -0.39 is 0 Å². The van der Waals surface area contributed by atoms with Gasteiger partial charge < -0.3 is 10.6 Å². The number of rotatable bonds is 4. The predicted octanol–water partition coefficient (Wildman–Crippen LogP) is 2.67. The van der Waals surface area contributed by atoms with Gasteiger partial charge >= 0.3 is 0 Å². The molecule has 1 aliphatic rings. The van der Waals surface area contributed by atoms with E-state index in [1.54, 1.807) is 0 Å². The highest BCUT2D eigenvalue weighted by atomic mass is 16.1. The zero-order valence-corrected chi connectivity index (χ0v) is 12.1. The van der Waals surface area contributed by atoms with Crippen LogP contribution in [0.5, 0.6) is 0 Å². The van der Waals surface area contributed by atoms with E-state index in [-0.39, 0.29) is 5.91 Å². The normalized spacial score (nSPS) is 16.7. The van der Waals surface area contributed by atoms with Gasteiger partial charge in [0.15, 0.2) is 0 Å². The standard InChI is InChI=1S/C16H24N2O/c1-11(2)9-15(17-3)13-7-6-12-5-4-8-18-16(19)14(12)10-13/h6-7,10-11,15,17H,4-5,8-9H2,1-3H3,(H,18,19). The lowest BCUT2D eigenvalue weighted by atomic mass is 9.93. The van der Waals surface area contributed by atoms with Crippen LogP contribution in [-0.4, -0.2) is 19.5 Å². The maximum atomic E-state index is 12.1. The van der Waals surface area contributed by atoms with Gasteiger partial charge in [-0.3, -0.25) is 4.79 Å². The zero-order valence-electron chi connectivity index (χ0n) is 12.1. The molecule has 1 unspecified atom stereocenters. The van der Waals surface area contributed by atoms with Crippen LogP contribution in [0.1, 0.15) is 54.2 Å². The van der Waals surface area contributed by atoms with Gasteiger partial charge in [0.25, 0.3) is 5.91 Å². The Balaban J connectivity index is 2.30. The molecule has 2 N–H and O–H groups in total. The number of hydrogen-bond donors (Lipinski definition) is 2. The minimum atomic E-state index is 0.0775. The fourth-order valence-electron chi connectivity index (χ4n) is 2.71. The number of fused-ring (bicyclic) bond motifs is 1. The maximum absolute atomic E-state index is 12.1. The number of hydrogen-bond acceptors (Lipinski definition) is 2. The highest BCUT2D eigenvalue weighted by molar-refractivity contribution is 5.96. The van der Waals surface area contributed by atoms with Gasteiger partial charge in [0.2, 0.25) is 0 Å². The van der Waals surface area contributed by atoms with Crippen LogP contribution in [0.25, 0.3) is 0 Å². The van der Waals surface area contributed by atoms with E-state index in [4.69, 9.17) is 0 Å². The van der Waals surface area contributed by atoms with E-state index in [0.717, 1.165) is 31.4 Å². The summed E-state index contributed by atoms with van der Waals surface area (Å²) in [5.74, 6) is 0.707. The molecule has 2 rings (SSSR count). The largest absolute Gasteiger partial charge is 0.352 e. The summed E-state index contributed by atoms with van der Waals surface area (Å²) < 4.78 is 0. The number of carbonyl (C=O) groups excluding carboxylic acids is 1. The van der Waals surface area contributed by atoms with Crippen LogP contribution in [0.15, 0.2) is 18.2 Å². The molecule has 1 aliphatic heterocycles. The number of aryl methyl sites for hydroxylation is 1. The summed E-state index contributed by atoms with van der Waals surface area (Å²) in [5, 5.41) is 6.32. The third-order valence-corrected chi connectivity index (χ3v) is 3.74. The third kappa shape index (κ3) is 3.35. The van der Waals surface area contributed by atoms with E-state index >= 15 is 0 Å². The van der Waals surface area contributed by atoms with Crippen LogP contribution in [0.2, 0.25) is 0 Å². The van der Waals surface area contributed by atoms with Crippen molar-refractivity contribution in [2.24, 2.45) is 5.92 Å². The second kappa shape index (κ2) is 6.20. The van der Waals surface area contributed by atoms with Crippen LogP contribution < -0.4 is 10.6 Å². The molecule has 0 fully saturated rings. The smallest absolute Gasteiger partial charge is 0.251 e. The molecule has 1 aromatic rings. The van der Waals surface area contributed by atoms with Crippen molar-refractivity contribution in [3.05, 3.63) is 34.9 Å². The van der Waals surface area contributed by atoms with Gasteiger partial charge in [-0.25, -0.2) is 0 Å². The molecule has 0 saturated heterocycles. The topological polar surface area (TPSA) is 41.1 Å². The van der Waals surface area contributed by atoms with Gasteiger partial charge in [-0.1, -0.05) is 26.0 Å². The Morgan fingerprint density at radius 2 is 2.16 bits per heavy atom. The minimum Gasteiger partial charge on any atom is -0.352 e. The fourth-order valence-corrected chi connectivity index (χ4v) is 2.71. The lowest BCUT2D eigenvalue weighted by Gasteiger charge is -2.20. The lowest BCUT2D eigenvalue weighted by molar-refractivity contribution is 0.0956. The first kappa shape index (κ1) is 14.1. The Bertz CT molecular complexity index is 454. The Morgan fingerprint density at radius 1 is 1.37 bits per heavy atom. The molecule has 0 spiro atoms. The first-order chi connectivity index (χ1) is 9.11. The number of carbonyl (C=O) groups is 1. The molecule has 0 radical (unpaired) electrons. The van der Waals surface area contributed by atoms with Crippen molar-refractivity contribution in [2.75, 3.05) is 13.6 Å². The molecule has 1 atom stereocenters. The second-order valence-electron chi connectivity index (χ2n) is 5.75. The first-order valence-corrected chi connectivity index (χ1v) is 7.20. The maximum Gasteiger partial charge on any atom is 0.251 e. The summed E-state index contributed by atoms with van der Waals surface area (Å²) in [4.78, 5) is 12.1. The molecule has 19 heavy (non-hydrogen) atoms. The fraction of sp³-hybridized carbons (Fsp3) is 0.562. The second-order valence-corrected chi connectivity index (χ2v) is 5.75. The molecule has 0 saturated carbocycles. The monoisotopic (exact) mass is 260 g/mol. The molecular formula is C16H24N2O. The van der Waals surface area contributed by atoms with Crippen molar-refractivity contribution < 1.29 is 4.79 Å². The number of nitrogens with one attached hydrogen (secondary N) is 2. The molecule has 0 aliphatic carbocycles. The van der Waals surface area contributed by atoms with Crippen LogP contribution in [0.3, 0.4) is 0 Å². The summed E-state index contributed by atoms with van der Waals surface area (Å²) in [7, 11) is 1.98. The van der Waals surface area contributed by atoms with Crippen molar-refractivity contribution in [1.29, 1.82) is 0 Å². The molecule has 3 heteroatoms. The minimum absolute atomic E-state index is 0.0775. The van der Waals surface area contributed by atoms with Crippen molar-refractivity contribution in [1.82, 2.24) is 10.6 Å². The van der Waals surface area contributed by atoms with Gasteiger partial charge in [-0.05, 0) is 49.4 Å². The van der Waals surface area contributed by atoms with Crippen LogP contribution in [0, 0.1) is 5.92 Å². The molecular weight excluding hydrogens is 236 g/mol. The van der Waals surface area contributed by atoms with Gasteiger partial charge in [-0.15, -0.1) is 0 Å². The SMILES string of the molecule is CNC(CC(C)C)c1ccc2c(c1)C(=O)NCCC2. The Hall–Kier alpha value is -1.35. The summed E-state index contributed by atoms with van der Waals surface area (Å²) in [5.41, 5.74) is 3.25. The van der Waals surface area contributed by atoms with E-state index in [9.17, 15) is 4.79 Å². The van der Waals surface area contributed by atoms with Crippen molar-refractivity contribution >= 4 is 5.91 Å². The Kier molecular flexibility index (Phi) is 4.59. The summed E-state index contributed by atoms with van der Waals surface area (Å²) in [6.07, 6.45) is 3.10.